The van der Waals surface area contributed by atoms with Crippen LogP contribution in [-0.4, -0.2) is 27.5 Å². The quantitative estimate of drug-likeness (QED) is 0.533. The molecule has 0 aliphatic carbocycles. The van der Waals surface area contributed by atoms with Crippen molar-refractivity contribution in [3.8, 4) is 0 Å². The summed E-state index contributed by atoms with van der Waals surface area (Å²) in [5.74, 6) is 0. The topological polar surface area (TPSA) is 127 Å². The molecule has 1 aromatic rings. The summed E-state index contributed by atoms with van der Waals surface area (Å²) in [6.07, 6.45) is 0. The molecule has 0 aromatic heterocycles. The van der Waals surface area contributed by atoms with Gasteiger partial charge in [0, 0.05) is 19.1 Å². The van der Waals surface area contributed by atoms with Gasteiger partial charge in [0.1, 0.15) is 0 Å². The summed E-state index contributed by atoms with van der Waals surface area (Å²) in [5.41, 5.74) is 11.3. The molecule has 1 atom stereocenters. The molecule has 0 aliphatic rings. The monoisotopic (exact) mass is 286 g/mol. The maximum Gasteiger partial charge on any atom is 0.312 e. The average Bonchev–Trinajstić information content (AvgIpc) is 2.34. The lowest BCUT2D eigenvalue weighted by molar-refractivity contribution is 0.249. The fraction of sp³-hybridized carbons (Fsp3) is 0.364. The van der Waals surface area contributed by atoms with E-state index in [1.54, 1.807) is 19.1 Å². The molecule has 0 saturated heterocycles. The number of primary amides is 1. The lowest BCUT2D eigenvalue weighted by atomic mass is 10.1. The Hall–Kier alpha value is -1.64. The summed E-state index contributed by atoms with van der Waals surface area (Å²) in [6, 6.07) is 5.46. The van der Waals surface area contributed by atoms with Gasteiger partial charge in [-0.1, -0.05) is 12.1 Å². The summed E-state index contributed by atoms with van der Waals surface area (Å²) in [4.78, 5) is 10.6. The van der Waals surface area contributed by atoms with Crippen molar-refractivity contribution < 1.29 is 13.2 Å². The highest BCUT2D eigenvalue weighted by Crippen LogP contribution is 2.15. The van der Waals surface area contributed by atoms with Crippen LogP contribution in [0.25, 0.3) is 0 Å². The molecular formula is C11H18N4O3S. The van der Waals surface area contributed by atoms with Crippen molar-refractivity contribution in [2.75, 3.05) is 13.1 Å². The molecule has 0 heterocycles. The smallest absolute Gasteiger partial charge is 0.312 e. The Morgan fingerprint density at radius 1 is 1.37 bits per heavy atom. The van der Waals surface area contributed by atoms with Gasteiger partial charge in [-0.3, -0.25) is 0 Å². The third kappa shape index (κ3) is 4.86. The number of nitrogens with two attached hydrogens (primary N) is 2. The molecule has 6 N–H and O–H groups in total. The fourth-order valence-electron chi connectivity index (χ4n) is 1.42. The van der Waals surface area contributed by atoms with E-state index < -0.39 is 16.1 Å². The number of rotatable bonds is 6. The van der Waals surface area contributed by atoms with Crippen molar-refractivity contribution in [3.05, 3.63) is 29.8 Å². The molecule has 19 heavy (non-hydrogen) atoms. The van der Waals surface area contributed by atoms with E-state index >= 15 is 0 Å². The molecular weight excluding hydrogens is 268 g/mol. The van der Waals surface area contributed by atoms with Crippen LogP contribution in [0.2, 0.25) is 0 Å². The van der Waals surface area contributed by atoms with Gasteiger partial charge in [-0.15, -0.1) is 0 Å². The molecule has 1 rings (SSSR count). The van der Waals surface area contributed by atoms with Crippen molar-refractivity contribution in [1.29, 1.82) is 0 Å². The van der Waals surface area contributed by atoms with Crippen LogP contribution >= 0.6 is 0 Å². The number of urea groups is 1. The van der Waals surface area contributed by atoms with Crippen LogP contribution < -0.4 is 21.5 Å². The maximum absolute atomic E-state index is 12.0. The molecule has 0 bridgehead atoms. The normalized spacial score (nSPS) is 12.9. The lowest BCUT2D eigenvalue weighted by Gasteiger charge is -2.10. The molecule has 2 amide bonds. The van der Waals surface area contributed by atoms with Gasteiger partial charge in [-0.2, -0.15) is 0 Å². The Bertz CT molecular complexity index is 543. The number of carbonyl (C=O) groups is 1. The molecule has 8 heteroatoms. The summed E-state index contributed by atoms with van der Waals surface area (Å²) in [5, 5.41) is 2.29. The second-order valence-corrected chi connectivity index (χ2v) is 5.82. The van der Waals surface area contributed by atoms with Crippen molar-refractivity contribution in [3.63, 3.8) is 0 Å². The average molecular weight is 286 g/mol. The standard InChI is InChI=1S/C11H18N4O3S/c1-8(12)9-3-2-4-10(7-9)19(17,18)15-6-5-14-11(13)16/h2-4,7-8,15H,5-6,12H2,1H3,(H3,13,14,16). The van der Waals surface area contributed by atoms with Gasteiger partial charge in [-0.05, 0) is 24.6 Å². The van der Waals surface area contributed by atoms with E-state index in [4.69, 9.17) is 11.5 Å². The van der Waals surface area contributed by atoms with Crippen molar-refractivity contribution in [2.24, 2.45) is 11.5 Å². The highest BCUT2D eigenvalue weighted by molar-refractivity contribution is 7.89. The minimum Gasteiger partial charge on any atom is -0.352 e. The van der Waals surface area contributed by atoms with E-state index in [-0.39, 0.29) is 24.0 Å². The first-order chi connectivity index (χ1) is 8.83. The summed E-state index contributed by atoms with van der Waals surface area (Å²) in [6.45, 7) is 1.96. The molecule has 0 fully saturated rings. The Balaban J connectivity index is 2.72. The number of hydrogen-bond donors (Lipinski definition) is 4. The zero-order valence-corrected chi connectivity index (χ0v) is 11.4. The Morgan fingerprint density at radius 3 is 2.63 bits per heavy atom. The summed E-state index contributed by atoms with van der Waals surface area (Å²) in [7, 11) is -3.61. The third-order valence-corrected chi connectivity index (χ3v) is 3.87. The SMILES string of the molecule is CC(N)c1cccc(S(=O)(=O)NCCNC(N)=O)c1. The van der Waals surface area contributed by atoms with Crippen molar-refractivity contribution in [2.45, 2.75) is 17.9 Å². The van der Waals surface area contributed by atoms with Crippen molar-refractivity contribution in [1.82, 2.24) is 10.0 Å². The Morgan fingerprint density at radius 2 is 2.05 bits per heavy atom. The van der Waals surface area contributed by atoms with Gasteiger partial charge in [0.2, 0.25) is 10.0 Å². The van der Waals surface area contributed by atoms with Crippen LogP contribution in [0.4, 0.5) is 4.79 Å². The second kappa shape index (κ2) is 6.50. The zero-order valence-electron chi connectivity index (χ0n) is 10.6. The van der Waals surface area contributed by atoms with Gasteiger partial charge in [0.05, 0.1) is 4.90 Å². The largest absolute Gasteiger partial charge is 0.352 e. The van der Waals surface area contributed by atoms with Gasteiger partial charge in [0.25, 0.3) is 0 Å². The molecule has 1 unspecified atom stereocenters. The highest BCUT2D eigenvalue weighted by Gasteiger charge is 2.14. The Kier molecular flexibility index (Phi) is 5.28. The number of amides is 2. The first-order valence-electron chi connectivity index (χ1n) is 5.71. The number of benzene rings is 1. The van der Waals surface area contributed by atoms with E-state index in [0.29, 0.717) is 0 Å². The summed E-state index contributed by atoms with van der Waals surface area (Å²) < 4.78 is 26.3. The van der Waals surface area contributed by atoms with Crippen molar-refractivity contribution >= 4 is 16.1 Å². The van der Waals surface area contributed by atoms with Crippen LogP contribution in [0.1, 0.15) is 18.5 Å². The van der Waals surface area contributed by atoms with E-state index in [9.17, 15) is 13.2 Å². The number of sulfonamides is 1. The minimum absolute atomic E-state index is 0.0632. The summed E-state index contributed by atoms with van der Waals surface area (Å²) >= 11 is 0. The second-order valence-electron chi connectivity index (χ2n) is 4.05. The van der Waals surface area contributed by atoms with Gasteiger partial charge < -0.3 is 16.8 Å². The van der Waals surface area contributed by atoms with E-state index in [1.807, 2.05) is 0 Å². The van der Waals surface area contributed by atoms with Crippen LogP contribution in [-0.2, 0) is 10.0 Å². The molecule has 0 saturated carbocycles. The first kappa shape index (κ1) is 15.4. The van der Waals surface area contributed by atoms with Crippen LogP contribution in [0.5, 0.6) is 0 Å². The molecule has 106 valence electrons. The van der Waals surface area contributed by atoms with Gasteiger partial charge in [-0.25, -0.2) is 17.9 Å². The van der Waals surface area contributed by atoms with E-state index in [1.165, 1.54) is 12.1 Å². The van der Waals surface area contributed by atoms with Crippen LogP contribution in [0.3, 0.4) is 0 Å². The molecule has 1 aromatic carbocycles. The Labute approximate surface area is 112 Å². The molecule has 0 radical (unpaired) electrons. The predicted molar refractivity (Wildman–Crippen MR) is 71.8 cm³/mol. The predicted octanol–water partition coefficient (Wildman–Crippen LogP) is -0.347. The highest BCUT2D eigenvalue weighted by atomic mass is 32.2. The third-order valence-electron chi connectivity index (χ3n) is 2.41. The van der Waals surface area contributed by atoms with Crippen LogP contribution in [0, 0.1) is 0 Å². The zero-order chi connectivity index (χ0) is 14.5. The maximum atomic E-state index is 12.0. The van der Waals surface area contributed by atoms with Gasteiger partial charge in [0.15, 0.2) is 0 Å². The van der Waals surface area contributed by atoms with E-state index in [2.05, 4.69) is 10.0 Å². The number of carbonyl (C=O) groups excluding carboxylic acids is 1. The lowest BCUT2D eigenvalue weighted by Crippen LogP contribution is -2.37. The fourth-order valence-corrected chi connectivity index (χ4v) is 2.51. The minimum atomic E-state index is -3.61. The van der Waals surface area contributed by atoms with E-state index in [0.717, 1.165) is 5.56 Å². The molecule has 0 spiro atoms. The van der Waals surface area contributed by atoms with Crippen LogP contribution in [0.15, 0.2) is 29.2 Å². The molecule has 7 nitrogen and oxygen atoms in total. The number of nitrogens with one attached hydrogen (secondary N) is 2. The van der Waals surface area contributed by atoms with Gasteiger partial charge >= 0.3 is 6.03 Å². The first-order valence-corrected chi connectivity index (χ1v) is 7.20. The number of hydrogen-bond acceptors (Lipinski definition) is 4. The molecule has 0 aliphatic heterocycles.